The summed E-state index contributed by atoms with van der Waals surface area (Å²) in [6.07, 6.45) is 0.364. The van der Waals surface area contributed by atoms with Crippen LogP contribution in [0.4, 0.5) is 0 Å². The molecule has 0 bridgehead atoms. The van der Waals surface area contributed by atoms with Gasteiger partial charge in [0.25, 0.3) is 0 Å². The van der Waals surface area contributed by atoms with E-state index in [1.165, 1.54) is 0 Å². The maximum atomic E-state index is 12.1. The number of aliphatic carboxylic acids is 1. The predicted molar refractivity (Wildman–Crippen MR) is 102 cm³/mol. The number of halogens is 3. The van der Waals surface area contributed by atoms with Crippen LogP contribution in [0.2, 0.25) is 0 Å². The average Bonchev–Trinajstić information content (AvgIpc) is 2.38. The van der Waals surface area contributed by atoms with Crippen molar-refractivity contribution in [3.8, 4) is 0 Å². The summed E-state index contributed by atoms with van der Waals surface area (Å²) in [5.74, 6) is -1.62. The van der Waals surface area contributed by atoms with E-state index in [1.54, 1.807) is 37.3 Å². The second-order valence-electron chi connectivity index (χ2n) is 3.78. The molecule has 0 saturated carbocycles. The fraction of sp³-hybridized carbons (Fsp3) is 0.231. The number of ether oxygens (including phenoxy) is 1. The number of benzene rings is 1. The maximum Gasteiger partial charge on any atom is 0.339 e. The zero-order valence-corrected chi connectivity index (χ0v) is 16.9. The summed E-state index contributed by atoms with van der Waals surface area (Å²) in [6.45, 7) is 1.78. The molecule has 0 fully saturated rings. The lowest BCUT2D eigenvalue weighted by atomic mass is 10.1. The lowest BCUT2D eigenvalue weighted by Crippen LogP contribution is -2.34. The van der Waals surface area contributed by atoms with Crippen LogP contribution < -0.4 is 0 Å². The third kappa shape index (κ3) is 4.55. The molecule has 0 aliphatic heterocycles. The first kappa shape index (κ1) is 18.1. The monoisotopic (exact) mass is 612 g/mol. The fourth-order valence-corrected chi connectivity index (χ4v) is 4.53. The van der Waals surface area contributed by atoms with Crippen LogP contribution in [0, 0.1) is 0 Å². The summed E-state index contributed by atoms with van der Waals surface area (Å²) >= 11 is 5.72. The van der Waals surface area contributed by atoms with Crippen LogP contribution in [0.1, 0.15) is 23.7 Å². The van der Waals surface area contributed by atoms with Crippen molar-refractivity contribution in [3.63, 3.8) is 0 Å². The van der Waals surface area contributed by atoms with E-state index >= 15 is 0 Å². The van der Waals surface area contributed by atoms with E-state index in [2.05, 4.69) is 0 Å². The first-order valence-corrected chi connectivity index (χ1v) is 8.81. The minimum Gasteiger partial charge on any atom is -0.478 e. The van der Waals surface area contributed by atoms with Crippen LogP contribution in [-0.2, 0) is 9.53 Å². The Labute approximate surface area is 157 Å². The van der Waals surface area contributed by atoms with Crippen molar-refractivity contribution in [2.45, 2.75) is 17.0 Å². The number of esters is 1. The minimum absolute atomic E-state index is 0.0890. The topological polar surface area (TPSA) is 63.6 Å². The molecule has 0 aliphatic carbocycles. The van der Waals surface area contributed by atoms with E-state index in [0.29, 0.717) is 13.6 Å². The molecule has 0 heterocycles. The number of rotatable bonds is 5. The highest BCUT2D eigenvalue weighted by Crippen LogP contribution is 2.39. The Hall–Kier alpha value is 0.0900. The van der Waals surface area contributed by atoms with Crippen LogP contribution in [0.3, 0.4) is 0 Å². The fourth-order valence-electron chi connectivity index (χ4n) is 1.46. The van der Waals surface area contributed by atoms with Crippen LogP contribution in [-0.4, -0.2) is 20.7 Å². The van der Waals surface area contributed by atoms with E-state index in [-0.39, 0.29) is 5.57 Å². The van der Waals surface area contributed by atoms with Gasteiger partial charge in [0.1, 0.15) is 5.57 Å². The molecule has 1 aromatic carbocycles. The molecule has 108 valence electrons. The third-order valence-electron chi connectivity index (χ3n) is 2.49. The Morgan fingerprint density at radius 1 is 1.25 bits per heavy atom. The summed E-state index contributed by atoms with van der Waals surface area (Å²) in [5, 5.41) is 9.33. The molecule has 0 aliphatic rings. The van der Waals surface area contributed by atoms with Crippen LogP contribution >= 0.6 is 67.8 Å². The zero-order chi connectivity index (χ0) is 15.3. The SMILES string of the molecule is CCC(I)(OC(=O)c1ccccc1)C(C(=O)O)=C(I)I. The lowest BCUT2D eigenvalue weighted by Gasteiger charge is -2.27. The number of carboxylic acids is 1. The largest absolute Gasteiger partial charge is 0.478 e. The van der Waals surface area contributed by atoms with Crippen molar-refractivity contribution in [2.24, 2.45) is 0 Å². The smallest absolute Gasteiger partial charge is 0.339 e. The van der Waals surface area contributed by atoms with E-state index in [9.17, 15) is 14.7 Å². The highest BCUT2D eigenvalue weighted by molar-refractivity contribution is 14.2. The van der Waals surface area contributed by atoms with Gasteiger partial charge in [0.15, 0.2) is 3.61 Å². The molecule has 0 spiro atoms. The van der Waals surface area contributed by atoms with Crippen molar-refractivity contribution < 1.29 is 19.4 Å². The first-order valence-electron chi connectivity index (χ1n) is 5.58. The molecule has 0 amide bonds. The third-order valence-corrected chi connectivity index (χ3v) is 5.10. The molecule has 0 saturated heterocycles. The van der Waals surface area contributed by atoms with Gasteiger partial charge in [-0.25, -0.2) is 9.59 Å². The van der Waals surface area contributed by atoms with Gasteiger partial charge in [-0.1, -0.05) is 25.1 Å². The van der Waals surface area contributed by atoms with Crippen molar-refractivity contribution in [1.29, 1.82) is 0 Å². The molecular weight excluding hydrogens is 601 g/mol. The molecule has 7 heteroatoms. The molecule has 20 heavy (non-hydrogen) atoms. The van der Waals surface area contributed by atoms with Gasteiger partial charge in [0.05, 0.1) is 7.15 Å². The molecular formula is C13H11I3O4. The van der Waals surface area contributed by atoms with Gasteiger partial charge >= 0.3 is 11.9 Å². The molecule has 1 unspecified atom stereocenters. The summed E-state index contributed by atoms with van der Waals surface area (Å²) in [7, 11) is 0. The normalized spacial score (nSPS) is 13.2. The molecule has 1 rings (SSSR count). The number of hydrogen-bond donors (Lipinski definition) is 1. The van der Waals surface area contributed by atoms with E-state index in [4.69, 9.17) is 4.74 Å². The number of carbonyl (C=O) groups excluding carboxylic acids is 1. The van der Waals surface area contributed by atoms with Crippen LogP contribution in [0.15, 0.2) is 37.5 Å². The Morgan fingerprint density at radius 2 is 1.80 bits per heavy atom. The Bertz CT molecular complexity index is 538. The van der Waals surface area contributed by atoms with Gasteiger partial charge in [0, 0.05) is 0 Å². The van der Waals surface area contributed by atoms with E-state index in [0.717, 1.165) is 0 Å². The van der Waals surface area contributed by atoms with Crippen molar-refractivity contribution in [3.05, 3.63) is 43.1 Å². The summed E-state index contributed by atoms with van der Waals surface area (Å²) < 4.78 is 4.83. The Kier molecular flexibility index (Phi) is 7.18. The van der Waals surface area contributed by atoms with E-state index < -0.39 is 15.5 Å². The van der Waals surface area contributed by atoms with Crippen molar-refractivity contribution in [1.82, 2.24) is 0 Å². The maximum absolute atomic E-state index is 12.1. The molecule has 0 aromatic heterocycles. The zero-order valence-electron chi connectivity index (χ0n) is 10.4. The van der Waals surface area contributed by atoms with E-state index in [1.807, 2.05) is 67.8 Å². The second-order valence-corrected chi connectivity index (χ2v) is 9.74. The molecule has 0 radical (unpaired) electrons. The summed E-state index contributed by atoms with van der Waals surface area (Å²) in [5.41, 5.74) is 0.487. The quantitative estimate of drug-likeness (QED) is 0.230. The van der Waals surface area contributed by atoms with Gasteiger partial charge in [-0.3, -0.25) is 0 Å². The van der Waals surface area contributed by atoms with Crippen LogP contribution in [0.25, 0.3) is 0 Å². The highest BCUT2D eigenvalue weighted by Gasteiger charge is 2.40. The molecule has 1 atom stereocenters. The van der Waals surface area contributed by atoms with Gasteiger partial charge in [-0.2, -0.15) is 0 Å². The highest BCUT2D eigenvalue weighted by atomic mass is 127. The predicted octanol–water partition coefficient (Wildman–Crippen LogP) is 4.55. The molecule has 1 aromatic rings. The van der Waals surface area contributed by atoms with Crippen molar-refractivity contribution in [2.75, 3.05) is 0 Å². The van der Waals surface area contributed by atoms with Crippen molar-refractivity contribution >= 4 is 79.7 Å². The van der Waals surface area contributed by atoms with Crippen LogP contribution in [0.5, 0.6) is 0 Å². The number of carboxylic acid groups (broad SMARTS) is 1. The Balaban J connectivity index is 3.10. The minimum atomic E-state index is -1.19. The standard InChI is InChI=1S/C13H11I3O4/c1-2-13(16,9(10(14)15)11(17)18)20-12(19)8-6-4-3-5-7-8/h3-7H,2H2,1H3,(H,17,18). The van der Waals surface area contributed by atoms with Gasteiger partial charge in [-0.15, -0.1) is 0 Å². The average molecular weight is 612 g/mol. The lowest BCUT2D eigenvalue weighted by molar-refractivity contribution is -0.133. The summed E-state index contributed by atoms with van der Waals surface area (Å²) in [4.78, 5) is 23.5. The van der Waals surface area contributed by atoms with Gasteiger partial charge in [-0.05, 0) is 86.3 Å². The number of hydrogen-bond acceptors (Lipinski definition) is 3. The molecule has 1 N–H and O–H groups in total. The molecule has 4 nitrogen and oxygen atoms in total. The second kappa shape index (κ2) is 7.92. The van der Waals surface area contributed by atoms with Gasteiger partial charge in [0.2, 0.25) is 0 Å². The first-order chi connectivity index (χ1) is 9.31. The number of alkyl halides is 1. The van der Waals surface area contributed by atoms with Gasteiger partial charge < -0.3 is 9.84 Å². The Morgan fingerprint density at radius 3 is 2.20 bits per heavy atom. The summed E-state index contributed by atoms with van der Waals surface area (Å²) in [6, 6.07) is 8.52. The number of carbonyl (C=O) groups is 2.